The zero-order chi connectivity index (χ0) is 8.10. The molecule has 0 aromatic heterocycles. The lowest BCUT2D eigenvalue weighted by Gasteiger charge is -1.95. The van der Waals surface area contributed by atoms with Crippen LogP contribution in [0.5, 0.6) is 0 Å². The van der Waals surface area contributed by atoms with Gasteiger partial charge in [-0.2, -0.15) is 0 Å². The highest BCUT2D eigenvalue weighted by Crippen LogP contribution is 2.07. The van der Waals surface area contributed by atoms with Crippen LogP contribution in [0.25, 0.3) is 6.08 Å². The third-order valence-corrected chi connectivity index (χ3v) is 1.77. The fraction of sp³-hybridized carbons (Fsp3) is 0.273. The van der Waals surface area contributed by atoms with Crippen LogP contribution in [-0.2, 0) is 0 Å². The minimum atomic E-state index is 1.13. The van der Waals surface area contributed by atoms with Gasteiger partial charge in [-0.1, -0.05) is 48.9 Å². The Bertz CT molecular complexity index is 231. The van der Waals surface area contributed by atoms with Crippen molar-refractivity contribution < 1.29 is 0 Å². The summed E-state index contributed by atoms with van der Waals surface area (Å²) in [5.41, 5.74) is 2.73. The van der Waals surface area contributed by atoms with Crippen LogP contribution in [0.1, 0.15) is 25.8 Å². The summed E-state index contributed by atoms with van der Waals surface area (Å²) in [6, 6.07) is 10.4. The van der Waals surface area contributed by atoms with E-state index in [-0.39, 0.29) is 0 Å². The van der Waals surface area contributed by atoms with Gasteiger partial charge >= 0.3 is 0 Å². The zero-order valence-electron chi connectivity index (χ0n) is 7.17. The molecule has 0 radical (unpaired) electrons. The predicted octanol–water partition coefficient (Wildman–Crippen LogP) is 3.50. The van der Waals surface area contributed by atoms with Crippen LogP contribution in [0.2, 0.25) is 0 Å². The summed E-state index contributed by atoms with van der Waals surface area (Å²) in [5.74, 6) is 0. The normalized spacial score (nSPS) is 11.6. The number of hydrogen-bond acceptors (Lipinski definition) is 0. The lowest BCUT2D eigenvalue weighted by molar-refractivity contribution is 1.11. The average molecular weight is 146 g/mol. The van der Waals surface area contributed by atoms with Crippen LogP contribution in [-0.4, -0.2) is 0 Å². The van der Waals surface area contributed by atoms with E-state index in [0.29, 0.717) is 0 Å². The van der Waals surface area contributed by atoms with E-state index in [2.05, 4.69) is 44.2 Å². The molecule has 0 aliphatic heterocycles. The molecule has 0 N–H and O–H groups in total. The summed E-state index contributed by atoms with van der Waals surface area (Å²) in [5, 5.41) is 0. The molecular formula is C11H14. The average Bonchev–Trinajstić information content (AvgIpc) is 2.06. The molecule has 0 spiro atoms. The van der Waals surface area contributed by atoms with Crippen LogP contribution < -0.4 is 0 Å². The first-order valence-corrected chi connectivity index (χ1v) is 4.05. The van der Waals surface area contributed by atoms with Crippen molar-refractivity contribution in [2.45, 2.75) is 20.3 Å². The van der Waals surface area contributed by atoms with Gasteiger partial charge in [0, 0.05) is 0 Å². The standard InChI is InChI=1S/C11H14/c1-3-10(2)9-11-7-5-4-6-8-11/h4-9H,3H2,1-2H3. The Kier molecular flexibility index (Phi) is 2.91. The second-order valence-electron chi connectivity index (χ2n) is 2.75. The summed E-state index contributed by atoms with van der Waals surface area (Å²) < 4.78 is 0. The monoisotopic (exact) mass is 146 g/mol. The van der Waals surface area contributed by atoms with Gasteiger partial charge in [0.15, 0.2) is 0 Å². The lowest BCUT2D eigenvalue weighted by atomic mass is 10.1. The van der Waals surface area contributed by atoms with Crippen LogP contribution in [0.3, 0.4) is 0 Å². The third kappa shape index (κ3) is 2.58. The minimum absolute atomic E-state index is 1.13. The molecule has 0 saturated carbocycles. The van der Waals surface area contributed by atoms with Gasteiger partial charge in [0.1, 0.15) is 0 Å². The molecule has 0 atom stereocenters. The van der Waals surface area contributed by atoms with Gasteiger partial charge in [-0.05, 0) is 18.9 Å². The number of rotatable bonds is 2. The van der Waals surface area contributed by atoms with Gasteiger partial charge < -0.3 is 0 Å². The Morgan fingerprint density at radius 2 is 1.91 bits per heavy atom. The molecule has 1 aromatic carbocycles. The topological polar surface area (TPSA) is 0 Å². The Balaban J connectivity index is 2.79. The quantitative estimate of drug-likeness (QED) is 0.599. The van der Waals surface area contributed by atoms with Crippen molar-refractivity contribution in [1.82, 2.24) is 0 Å². The molecule has 0 saturated heterocycles. The number of allylic oxidation sites excluding steroid dienone is 1. The van der Waals surface area contributed by atoms with E-state index in [1.165, 1.54) is 11.1 Å². The Labute approximate surface area is 68.6 Å². The highest BCUT2D eigenvalue weighted by molar-refractivity contribution is 5.51. The largest absolute Gasteiger partial charge is 0.0730 e. The summed E-state index contributed by atoms with van der Waals surface area (Å²) in [7, 11) is 0. The Morgan fingerprint density at radius 3 is 2.45 bits per heavy atom. The SMILES string of the molecule is CCC(C)=Cc1ccccc1. The molecular weight excluding hydrogens is 132 g/mol. The predicted molar refractivity (Wildman–Crippen MR) is 50.4 cm³/mol. The zero-order valence-corrected chi connectivity index (χ0v) is 7.17. The lowest BCUT2D eigenvalue weighted by Crippen LogP contribution is -1.73. The molecule has 1 rings (SSSR count). The summed E-state index contributed by atoms with van der Waals surface area (Å²) in [6.07, 6.45) is 3.36. The molecule has 0 aliphatic rings. The van der Waals surface area contributed by atoms with E-state index >= 15 is 0 Å². The molecule has 0 fully saturated rings. The van der Waals surface area contributed by atoms with E-state index in [1.54, 1.807) is 0 Å². The number of benzene rings is 1. The fourth-order valence-electron chi connectivity index (χ4n) is 0.936. The first kappa shape index (κ1) is 8.06. The maximum absolute atomic E-state index is 2.22. The maximum atomic E-state index is 2.22. The summed E-state index contributed by atoms with van der Waals surface area (Å²) >= 11 is 0. The summed E-state index contributed by atoms with van der Waals surface area (Å²) in [4.78, 5) is 0. The van der Waals surface area contributed by atoms with E-state index in [4.69, 9.17) is 0 Å². The van der Waals surface area contributed by atoms with Crippen LogP contribution in [0, 0.1) is 0 Å². The molecule has 11 heavy (non-hydrogen) atoms. The molecule has 0 nitrogen and oxygen atoms in total. The van der Waals surface area contributed by atoms with Gasteiger partial charge in [-0.15, -0.1) is 0 Å². The van der Waals surface area contributed by atoms with Crippen LogP contribution in [0.15, 0.2) is 35.9 Å². The van der Waals surface area contributed by atoms with Crippen molar-refractivity contribution in [1.29, 1.82) is 0 Å². The first-order valence-electron chi connectivity index (χ1n) is 4.05. The van der Waals surface area contributed by atoms with Crippen molar-refractivity contribution in [2.24, 2.45) is 0 Å². The Morgan fingerprint density at radius 1 is 1.27 bits per heavy atom. The van der Waals surface area contributed by atoms with E-state index < -0.39 is 0 Å². The van der Waals surface area contributed by atoms with Gasteiger partial charge in [0.05, 0.1) is 0 Å². The van der Waals surface area contributed by atoms with Crippen molar-refractivity contribution in [2.75, 3.05) is 0 Å². The van der Waals surface area contributed by atoms with Crippen molar-refractivity contribution in [3.05, 3.63) is 41.5 Å². The molecule has 0 heteroatoms. The van der Waals surface area contributed by atoms with Crippen LogP contribution in [0.4, 0.5) is 0 Å². The van der Waals surface area contributed by atoms with Gasteiger partial charge in [-0.25, -0.2) is 0 Å². The molecule has 0 unspecified atom stereocenters. The van der Waals surface area contributed by atoms with E-state index in [1.807, 2.05) is 6.07 Å². The van der Waals surface area contributed by atoms with Gasteiger partial charge in [-0.3, -0.25) is 0 Å². The fourth-order valence-corrected chi connectivity index (χ4v) is 0.936. The maximum Gasteiger partial charge on any atom is -0.0257 e. The van der Waals surface area contributed by atoms with E-state index in [9.17, 15) is 0 Å². The molecule has 0 amide bonds. The molecule has 0 aliphatic carbocycles. The van der Waals surface area contributed by atoms with Crippen molar-refractivity contribution >= 4 is 6.08 Å². The highest BCUT2D eigenvalue weighted by atomic mass is 13.9. The van der Waals surface area contributed by atoms with Gasteiger partial charge in [0.2, 0.25) is 0 Å². The molecule has 0 heterocycles. The van der Waals surface area contributed by atoms with Crippen molar-refractivity contribution in [3.63, 3.8) is 0 Å². The third-order valence-electron chi connectivity index (χ3n) is 1.77. The highest BCUT2D eigenvalue weighted by Gasteiger charge is 1.85. The molecule has 1 aromatic rings. The minimum Gasteiger partial charge on any atom is -0.0730 e. The second kappa shape index (κ2) is 3.97. The summed E-state index contributed by atoms with van der Waals surface area (Å²) in [6.45, 7) is 4.34. The molecule has 58 valence electrons. The van der Waals surface area contributed by atoms with E-state index in [0.717, 1.165) is 6.42 Å². The van der Waals surface area contributed by atoms with Crippen LogP contribution >= 0.6 is 0 Å². The molecule has 0 bridgehead atoms. The van der Waals surface area contributed by atoms with Gasteiger partial charge in [0.25, 0.3) is 0 Å². The van der Waals surface area contributed by atoms with Crippen molar-refractivity contribution in [3.8, 4) is 0 Å². The number of hydrogen-bond donors (Lipinski definition) is 0. The Hall–Kier alpha value is -1.04. The first-order chi connectivity index (χ1) is 5.33. The second-order valence-corrected chi connectivity index (χ2v) is 2.75. The smallest absolute Gasteiger partial charge is 0.0257 e.